The molecule has 4 nitrogen and oxygen atoms in total. The molecule has 0 aliphatic rings. The molecule has 0 spiro atoms. The Hall–Kier alpha value is -2.75. The smallest absolute Gasteiger partial charge is 0.189 e. The zero-order chi connectivity index (χ0) is 16.7. The lowest BCUT2D eigenvalue weighted by Gasteiger charge is -2.10. The van der Waals surface area contributed by atoms with Crippen LogP contribution < -0.4 is 9.47 Å². The first-order valence-electron chi connectivity index (χ1n) is 7.55. The predicted octanol–water partition coefficient (Wildman–Crippen LogP) is 4.09. The average molecular weight is 312 g/mol. The number of phenols is 1. The molecule has 0 aliphatic carbocycles. The summed E-state index contributed by atoms with van der Waals surface area (Å²) in [4.78, 5) is 12.5. The van der Waals surface area contributed by atoms with Crippen molar-refractivity contribution in [3.8, 4) is 17.2 Å². The van der Waals surface area contributed by atoms with Gasteiger partial charge >= 0.3 is 0 Å². The molecule has 0 fully saturated rings. The molecule has 2 aromatic carbocycles. The van der Waals surface area contributed by atoms with Crippen LogP contribution in [-0.4, -0.2) is 24.1 Å². The van der Waals surface area contributed by atoms with Gasteiger partial charge in [0.2, 0.25) is 0 Å². The van der Waals surface area contributed by atoms with Crippen LogP contribution in [0.25, 0.3) is 6.08 Å². The second-order valence-corrected chi connectivity index (χ2v) is 4.82. The van der Waals surface area contributed by atoms with E-state index in [1.54, 1.807) is 42.5 Å². The molecule has 0 radical (unpaired) electrons. The zero-order valence-corrected chi connectivity index (χ0v) is 13.3. The summed E-state index contributed by atoms with van der Waals surface area (Å²) in [7, 11) is 0. The minimum atomic E-state index is -0.182. The van der Waals surface area contributed by atoms with Gasteiger partial charge in [-0.05, 0) is 55.8 Å². The summed E-state index contributed by atoms with van der Waals surface area (Å²) in [5.74, 6) is 1.14. The number of benzene rings is 2. The Morgan fingerprint density at radius 2 is 1.87 bits per heavy atom. The number of hydrogen-bond acceptors (Lipinski definition) is 4. The summed E-state index contributed by atoms with van der Waals surface area (Å²) < 4.78 is 11.0. The standard InChI is InChI=1S/C19H20O4/c1-3-22-16-9-11-19(23-4-2)17(13-16)18(21)10-8-14-6-5-7-15(20)12-14/h5-13,20H,3-4H2,1-2H3/b10-8+. The summed E-state index contributed by atoms with van der Waals surface area (Å²) in [6.07, 6.45) is 3.12. The van der Waals surface area contributed by atoms with Crippen molar-refractivity contribution in [1.82, 2.24) is 0 Å². The minimum absolute atomic E-state index is 0.160. The van der Waals surface area contributed by atoms with E-state index in [4.69, 9.17) is 9.47 Å². The molecule has 0 atom stereocenters. The van der Waals surface area contributed by atoms with E-state index in [1.165, 1.54) is 6.08 Å². The number of allylic oxidation sites excluding steroid dienone is 1. The largest absolute Gasteiger partial charge is 0.508 e. The summed E-state index contributed by atoms with van der Waals surface area (Å²) in [6.45, 7) is 4.76. The molecule has 0 heterocycles. The Balaban J connectivity index is 2.27. The van der Waals surface area contributed by atoms with Crippen molar-refractivity contribution in [3.05, 3.63) is 59.7 Å². The Morgan fingerprint density at radius 1 is 1.09 bits per heavy atom. The Bertz CT molecular complexity index is 704. The van der Waals surface area contributed by atoms with E-state index in [0.717, 1.165) is 5.56 Å². The van der Waals surface area contributed by atoms with Gasteiger partial charge in [0.25, 0.3) is 0 Å². The SMILES string of the molecule is CCOc1ccc(OCC)c(C(=O)/C=C/c2cccc(O)c2)c1. The van der Waals surface area contributed by atoms with E-state index in [-0.39, 0.29) is 11.5 Å². The van der Waals surface area contributed by atoms with Crippen LogP contribution in [-0.2, 0) is 0 Å². The van der Waals surface area contributed by atoms with Crippen LogP contribution in [0.15, 0.2) is 48.5 Å². The van der Waals surface area contributed by atoms with Crippen molar-refractivity contribution in [2.24, 2.45) is 0 Å². The molecule has 4 heteroatoms. The molecule has 0 saturated carbocycles. The highest BCUT2D eigenvalue weighted by atomic mass is 16.5. The van der Waals surface area contributed by atoms with Gasteiger partial charge in [-0.3, -0.25) is 4.79 Å². The quantitative estimate of drug-likeness (QED) is 0.618. The predicted molar refractivity (Wildman–Crippen MR) is 90.3 cm³/mol. The third-order valence-electron chi connectivity index (χ3n) is 3.12. The van der Waals surface area contributed by atoms with Crippen molar-refractivity contribution in [1.29, 1.82) is 0 Å². The highest BCUT2D eigenvalue weighted by Gasteiger charge is 2.12. The van der Waals surface area contributed by atoms with Gasteiger partial charge < -0.3 is 14.6 Å². The lowest BCUT2D eigenvalue weighted by atomic mass is 10.1. The van der Waals surface area contributed by atoms with Crippen molar-refractivity contribution in [2.45, 2.75) is 13.8 Å². The molecule has 0 bridgehead atoms. The molecule has 0 saturated heterocycles. The van der Waals surface area contributed by atoms with Gasteiger partial charge in [-0.15, -0.1) is 0 Å². The number of carbonyl (C=O) groups is 1. The van der Waals surface area contributed by atoms with Crippen molar-refractivity contribution in [3.63, 3.8) is 0 Å². The van der Waals surface area contributed by atoms with Gasteiger partial charge in [0, 0.05) is 0 Å². The van der Waals surface area contributed by atoms with E-state index >= 15 is 0 Å². The molecule has 0 unspecified atom stereocenters. The van der Waals surface area contributed by atoms with Crippen molar-refractivity contribution in [2.75, 3.05) is 13.2 Å². The normalized spacial score (nSPS) is 10.7. The lowest BCUT2D eigenvalue weighted by molar-refractivity contribution is 0.104. The fourth-order valence-electron chi connectivity index (χ4n) is 2.13. The second kappa shape index (κ2) is 8.03. The van der Waals surface area contributed by atoms with Crippen LogP contribution in [0.1, 0.15) is 29.8 Å². The molecule has 0 amide bonds. The third kappa shape index (κ3) is 4.61. The number of hydrogen-bond donors (Lipinski definition) is 1. The highest BCUT2D eigenvalue weighted by molar-refractivity contribution is 6.08. The summed E-state index contributed by atoms with van der Waals surface area (Å²) in [6, 6.07) is 11.9. The fraction of sp³-hybridized carbons (Fsp3) is 0.211. The minimum Gasteiger partial charge on any atom is -0.508 e. The van der Waals surface area contributed by atoms with Gasteiger partial charge in [0.15, 0.2) is 5.78 Å². The average Bonchev–Trinajstić information content (AvgIpc) is 2.54. The van der Waals surface area contributed by atoms with Gasteiger partial charge in [-0.1, -0.05) is 18.2 Å². The first kappa shape index (κ1) is 16.6. The molecule has 2 aromatic rings. The van der Waals surface area contributed by atoms with E-state index in [1.807, 2.05) is 19.9 Å². The molecule has 0 aromatic heterocycles. The van der Waals surface area contributed by atoms with Crippen LogP contribution in [0.3, 0.4) is 0 Å². The first-order chi connectivity index (χ1) is 11.1. The van der Waals surface area contributed by atoms with E-state index in [2.05, 4.69) is 0 Å². The molecular weight excluding hydrogens is 292 g/mol. The Labute approximate surface area is 136 Å². The first-order valence-corrected chi connectivity index (χ1v) is 7.55. The Morgan fingerprint density at radius 3 is 2.57 bits per heavy atom. The lowest BCUT2D eigenvalue weighted by Crippen LogP contribution is -2.03. The summed E-state index contributed by atoms with van der Waals surface area (Å²) in [5.41, 5.74) is 1.20. The maximum Gasteiger partial charge on any atom is 0.189 e. The second-order valence-electron chi connectivity index (χ2n) is 4.82. The van der Waals surface area contributed by atoms with Gasteiger partial charge in [-0.25, -0.2) is 0 Å². The van der Waals surface area contributed by atoms with E-state index in [0.29, 0.717) is 30.3 Å². The third-order valence-corrected chi connectivity index (χ3v) is 3.12. The number of aromatic hydroxyl groups is 1. The topological polar surface area (TPSA) is 55.8 Å². The number of phenolic OH excluding ortho intramolecular Hbond substituents is 1. The van der Waals surface area contributed by atoms with Crippen molar-refractivity contribution >= 4 is 11.9 Å². The number of ketones is 1. The van der Waals surface area contributed by atoms with E-state index < -0.39 is 0 Å². The number of carbonyl (C=O) groups excluding carboxylic acids is 1. The molecule has 23 heavy (non-hydrogen) atoms. The van der Waals surface area contributed by atoms with Crippen LogP contribution in [0, 0.1) is 0 Å². The van der Waals surface area contributed by atoms with Gasteiger partial charge in [0.05, 0.1) is 18.8 Å². The zero-order valence-electron chi connectivity index (χ0n) is 13.3. The molecule has 0 aliphatic heterocycles. The van der Waals surface area contributed by atoms with Crippen molar-refractivity contribution < 1.29 is 19.4 Å². The van der Waals surface area contributed by atoms with Crippen LogP contribution in [0.2, 0.25) is 0 Å². The molecule has 120 valence electrons. The maximum absolute atomic E-state index is 12.5. The monoisotopic (exact) mass is 312 g/mol. The fourth-order valence-corrected chi connectivity index (χ4v) is 2.13. The summed E-state index contributed by atoms with van der Waals surface area (Å²) in [5, 5.41) is 9.45. The van der Waals surface area contributed by atoms with Gasteiger partial charge in [0.1, 0.15) is 17.2 Å². The maximum atomic E-state index is 12.5. The van der Waals surface area contributed by atoms with Crippen LogP contribution in [0.4, 0.5) is 0 Å². The molecule has 1 N–H and O–H groups in total. The Kier molecular flexibility index (Phi) is 5.80. The molecular formula is C19H20O4. The number of ether oxygens (including phenoxy) is 2. The molecule has 2 rings (SSSR count). The van der Waals surface area contributed by atoms with Crippen LogP contribution >= 0.6 is 0 Å². The van der Waals surface area contributed by atoms with E-state index in [9.17, 15) is 9.90 Å². The van der Waals surface area contributed by atoms with Gasteiger partial charge in [-0.2, -0.15) is 0 Å². The van der Waals surface area contributed by atoms with Crippen LogP contribution in [0.5, 0.6) is 17.2 Å². The summed E-state index contributed by atoms with van der Waals surface area (Å²) >= 11 is 0. The number of rotatable bonds is 7. The highest BCUT2D eigenvalue weighted by Crippen LogP contribution is 2.25.